The van der Waals surface area contributed by atoms with Crippen LogP contribution in [0.4, 0.5) is 4.39 Å². The maximum absolute atomic E-state index is 9.50. The number of aromatic amines is 1. The third-order valence-corrected chi connectivity index (χ3v) is 1.10. The summed E-state index contributed by atoms with van der Waals surface area (Å²) in [6.45, 7) is 7.17. The maximum Gasteiger partial charge on any atom is 0.0931 e. The number of halogens is 1. The third-order valence-electron chi connectivity index (χ3n) is 1.10. The highest BCUT2D eigenvalue weighted by atomic mass is 19.1. The first-order chi connectivity index (χ1) is 5.38. The number of rotatable bonds is 2. The van der Waals surface area contributed by atoms with Gasteiger partial charge in [0.15, 0.2) is 0 Å². The summed E-state index contributed by atoms with van der Waals surface area (Å²) < 4.78 is 9.50. The Bertz CT molecular complexity index is 205. The summed E-state index contributed by atoms with van der Waals surface area (Å²) in [5, 5.41) is 0. The van der Waals surface area contributed by atoms with Gasteiger partial charge in [0.25, 0.3) is 0 Å². The van der Waals surface area contributed by atoms with Gasteiger partial charge in [-0.05, 0) is 12.2 Å². The zero-order chi connectivity index (χ0) is 8.69. The number of hydrogen-bond acceptors (Lipinski definition) is 1. The predicted molar refractivity (Wildman–Crippen MR) is 45.8 cm³/mol. The van der Waals surface area contributed by atoms with Crippen LogP contribution in [-0.4, -0.2) is 17.1 Å². The molecule has 0 bridgehead atoms. The van der Waals surface area contributed by atoms with Gasteiger partial charge in [-0.15, -0.1) is 0 Å². The van der Waals surface area contributed by atoms with Crippen LogP contribution >= 0.6 is 0 Å². The van der Waals surface area contributed by atoms with Crippen molar-refractivity contribution in [3.05, 3.63) is 30.9 Å². The van der Waals surface area contributed by atoms with Gasteiger partial charge in [-0.2, -0.15) is 0 Å². The van der Waals surface area contributed by atoms with Crippen LogP contribution in [0.25, 0.3) is 12.2 Å². The summed E-state index contributed by atoms with van der Waals surface area (Å²) in [7, 11) is 0.500. The van der Waals surface area contributed by atoms with E-state index in [-0.39, 0.29) is 0 Å². The summed E-state index contributed by atoms with van der Waals surface area (Å²) in [5.74, 6) is 0. The fraction of sp³-hybridized carbons (Fsp3) is 0.125. The first-order valence-corrected chi connectivity index (χ1v) is 3.04. The maximum atomic E-state index is 9.50. The molecule has 60 valence electrons. The van der Waals surface area contributed by atoms with Crippen molar-refractivity contribution in [1.82, 2.24) is 9.97 Å². The highest BCUT2D eigenvalue weighted by molar-refractivity contribution is 5.56. The molecule has 2 nitrogen and oxygen atoms in total. The fourth-order valence-corrected chi connectivity index (χ4v) is 0.641. The van der Waals surface area contributed by atoms with Crippen molar-refractivity contribution in [1.29, 1.82) is 0 Å². The van der Waals surface area contributed by atoms with Crippen LogP contribution in [0.3, 0.4) is 0 Å². The number of nitrogens with zero attached hydrogens (tertiary/aromatic N) is 1. The van der Waals surface area contributed by atoms with Crippen LogP contribution in [-0.2, 0) is 0 Å². The van der Waals surface area contributed by atoms with Crippen molar-refractivity contribution in [2.24, 2.45) is 0 Å². The molecule has 1 N–H and O–H groups in total. The van der Waals surface area contributed by atoms with Crippen molar-refractivity contribution >= 4 is 12.2 Å². The lowest BCUT2D eigenvalue weighted by atomic mass is 10.3. The highest BCUT2D eigenvalue weighted by Gasteiger charge is 1.93. The first-order valence-electron chi connectivity index (χ1n) is 3.04. The number of aromatic nitrogens is 2. The molecule has 0 radical (unpaired) electrons. The molecule has 0 aliphatic rings. The van der Waals surface area contributed by atoms with Gasteiger partial charge in [-0.3, -0.25) is 4.39 Å². The molecule has 0 fully saturated rings. The summed E-state index contributed by atoms with van der Waals surface area (Å²) in [5.41, 5.74) is 1.77. The van der Waals surface area contributed by atoms with Gasteiger partial charge in [0.05, 0.1) is 24.9 Å². The van der Waals surface area contributed by atoms with E-state index in [9.17, 15) is 4.39 Å². The van der Waals surface area contributed by atoms with Crippen molar-refractivity contribution in [2.75, 3.05) is 7.18 Å². The van der Waals surface area contributed by atoms with Gasteiger partial charge in [0.1, 0.15) is 0 Å². The van der Waals surface area contributed by atoms with Crippen LogP contribution in [0.2, 0.25) is 0 Å². The van der Waals surface area contributed by atoms with Gasteiger partial charge in [-0.1, -0.05) is 13.2 Å². The predicted octanol–water partition coefficient (Wildman–Crippen LogP) is 2.28. The van der Waals surface area contributed by atoms with E-state index in [1.165, 1.54) is 0 Å². The Morgan fingerprint density at radius 3 is 2.45 bits per heavy atom. The number of H-pyrrole nitrogens is 1. The minimum atomic E-state index is 0.500. The SMILES string of the molecule is C=Cc1nc[nH]c1C=C.CF. The van der Waals surface area contributed by atoms with Gasteiger partial charge >= 0.3 is 0 Å². The van der Waals surface area contributed by atoms with Crippen molar-refractivity contribution in [3.8, 4) is 0 Å². The standard InChI is InChI=1S/C7H8N2.CH3F/c1-3-6-7(4-2)9-5-8-6;1-2/h3-5H,1-2H2,(H,8,9);1H3. The average Bonchev–Trinajstić information content (AvgIpc) is 2.54. The molecular formula is C8H11FN2. The first kappa shape index (κ1) is 9.62. The van der Waals surface area contributed by atoms with Crippen LogP contribution in [0.1, 0.15) is 11.4 Å². The van der Waals surface area contributed by atoms with Crippen molar-refractivity contribution in [3.63, 3.8) is 0 Å². The smallest absolute Gasteiger partial charge is 0.0931 e. The molecule has 11 heavy (non-hydrogen) atoms. The van der Waals surface area contributed by atoms with Crippen LogP contribution in [0, 0.1) is 0 Å². The van der Waals surface area contributed by atoms with E-state index in [0.29, 0.717) is 7.18 Å². The van der Waals surface area contributed by atoms with Crippen molar-refractivity contribution in [2.45, 2.75) is 0 Å². The van der Waals surface area contributed by atoms with Gasteiger partial charge in [-0.25, -0.2) is 4.98 Å². The Morgan fingerprint density at radius 1 is 1.45 bits per heavy atom. The Hall–Kier alpha value is -1.38. The van der Waals surface area contributed by atoms with E-state index < -0.39 is 0 Å². The normalized spacial score (nSPS) is 7.82. The molecule has 1 heterocycles. The Morgan fingerprint density at radius 2 is 2.09 bits per heavy atom. The van der Waals surface area contributed by atoms with E-state index in [4.69, 9.17) is 0 Å². The van der Waals surface area contributed by atoms with Crippen LogP contribution < -0.4 is 0 Å². The third kappa shape index (κ3) is 2.37. The number of nitrogens with one attached hydrogen (secondary N) is 1. The summed E-state index contributed by atoms with van der Waals surface area (Å²) >= 11 is 0. The zero-order valence-electron chi connectivity index (χ0n) is 6.47. The number of imidazole rings is 1. The summed E-state index contributed by atoms with van der Waals surface area (Å²) in [4.78, 5) is 6.87. The molecule has 1 rings (SSSR count). The molecule has 0 saturated carbocycles. The summed E-state index contributed by atoms with van der Waals surface area (Å²) in [6.07, 6.45) is 5.02. The molecule has 0 amide bonds. The topological polar surface area (TPSA) is 28.7 Å². The zero-order valence-corrected chi connectivity index (χ0v) is 6.47. The molecule has 0 aliphatic heterocycles. The fourth-order valence-electron chi connectivity index (χ4n) is 0.641. The Balaban J connectivity index is 0.000000461. The van der Waals surface area contributed by atoms with Crippen LogP contribution in [0.15, 0.2) is 19.5 Å². The highest BCUT2D eigenvalue weighted by Crippen LogP contribution is 2.03. The van der Waals surface area contributed by atoms with Gasteiger partial charge in [0, 0.05) is 0 Å². The van der Waals surface area contributed by atoms with Gasteiger partial charge < -0.3 is 4.98 Å². The minimum Gasteiger partial charge on any atom is -0.345 e. The van der Waals surface area contributed by atoms with E-state index in [2.05, 4.69) is 23.1 Å². The van der Waals surface area contributed by atoms with Crippen molar-refractivity contribution < 1.29 is 4.39 Å². The number of alkyl halides is 1. The molecule has 0 aliphatic carbocycles. The summed E-state index contributed by atoms with van der Waals surface area (Å²) in [6, 6.07) is 0. The molecule has 1 aromatic rings. The van der Waals surface area contributed by atoms with E-state index in [0.717, 1.165) is 11.4 Å². The quantitative estimate of drug-likeness (QED) is 0.695. The second-order valence-corrected chi connectivity index (χ2v) is 1.61. The molecule has 0 aromatic carbocycles. The largest absolute Gasteiger partial charge is 0.345 e. The average molecular weight is 154 g/mol. The molecule has 1 aromatic heterocycles. The Labute approximate surface area is 65.5 Å². The minimum absolute atomic E-state index is 0.500. The lowest BCUT2D eigenvalue weighted by molar-refractivity contribution is 0.636. The lowest BCUT2D eigenvalue weighted by Crippen LogP contribution is -1.73. The molecular weight excluding hydrogens is 143 g/mol. The van der Waals surface area contributed by atoms with Crippen LogP contribution in [0.5, 0.6) is 0 Å². The second kappa shape index (κ2) is 5.41. The van der Waals surface area contributed by atoms with E-state index in [1.54, 1.807) is 18.5 Å². The molecule has 0 saturated heterocycles. The van der Waals surface area contributed by atoms with E-state index in [1.807, 2.05) is 0 Å². The molecule has 0 atom stereocenters. The Kier molecular flexibility index (Phi) is 4.73. The lowest BCUT2D eigenvalue weighted by Gasteiger charge is -1.84. The molecule has 3 heteroatoms. The molecule has 0 spiro atoms. The number of hydrogen-bond donors (Lipinski definition) is 1. The van der Waals surface area contributed by atoms with E-state index >= 15 is 0 Å². The molecule has 0 unspecified atom stereocenters. The second-order valence-electron chi connectivity index (χ2n) is 1.61. The monoisotopic (exact) mass is 154 g/mol. The van der Waals surface area contributed by atoms with Gasteiger partial charge in [0.2, 0.25) is 0 Å².